The maximum Gasteiger partial charge on any atom is 0.414 e. The van der Waals surface area contributed by atoms with Gasteiger partial charge in [0.05, 0.1) is 0 Å². The molecule has 0 aromatic heterocycles. The summed E-state index contributed by atoms with van der Waals surface area (Å²) in [6.07, 6.45) is -2.33. The SMILES string of the molecule is O.O=C(O)C(=O)O.O=C([O-])[O-].[Ce]. The maximum atomic E-state index is 9.10. The van der Waals surface area contributed by atoms with E-state index in [0.717, 1.165) is 0 Å². The largest absolute Gasteiger partial charge is 0.652 e. The van der Waals surface area contributed by atoms with E-state index >= 15 is 0 Å². The van der Waals surface area contributed by atoms with E-state index in [1.165, 1.54) is 0 Å². The van der Waals surface area contributed by atoms with E-state index in [1.54, 1.807) is 0 Å². The molecule has 0 rings (SSSR count). The van der Waals surface area contributed by atoms with Gasteiger partial charge in [0.25, 0.3) is 0 Å². The van der Waals surface area contributed by atoms with Gasteiger partial charge in [-0.1, -0.05) is 0 Å². The van der Waals surface area contributed by atoms with Crippen molar-refractivity contribution in [2.45, 2.75) is 0 Å². The average molecular weight is 308 g/mol. The third-order valence-corrected chi connectivity index (χ3v) is 0.183. The third-order valence-electron chi connectivity index (χ3n) is 0.183. The van der Waals surface area contributed by atoms with Crippen molar-refractivity contribution in [1.82, 2.24) is 0 Å². The van der Waals surface area contributed by atoms with Crippen molar-refractivity contribution in [3.8, 4) is 0 Å². The second kappa shape index (κ2) is 13.2. The molecule has 0 amide bonds. The average Bonchev–Trinajstić information content (AvgIpc) is 1.63. The molecule has 8 nitrogen and oxygen atoms in total. The van der Waals surface area contributed by atoms with Crippen LogP contribution in [0.1, 0.15) is 0 Å². The molecule has 9 heteroatoms. The molecule has 0 unspecified atom stereocenters. The van der Waals surface area contributed by atoms with Crippen LogP contribution in [0.25, 0.3) is 0 Å². The van der Waals surface area contributed by atoms with Crippen molar-refractivity contribution in [3.05, 3.63) is 0 Å². The second-order valence-electron chi connectivity index (χ2n) is 0.860. The summed E-state index contributed by atoms with van der Waals surface area (Å²) in [4.78, 5) is 26.5. The van der Waals surface area contributed by atoms with E-state index in [-0.39, 0.29) is 47.2 Å². The minimum Gasteiger partial charge on any atom is -0.652 e. The first kappa shape index (κ1) is 22.6. The predicted octanol–water partition coefficient (Wildman–Crippen LogP) is -4.12. The van der Waals surface area contributed by atoms with Crippen LogP contribution in [0.2, 0.25) is 0 Å². The number of carboxylic acids is 2. The Morgan fingerprint density at radius 3 is 1.00 bits per heavy atom. The van der Waals surface area contributed by atoms with Crippen LogP contribution in [0.5, 0.6) is 0 Å². The third kappa shape index (κ3) is 55.4. The molecule has 0 aliphatic heterocycles. The Morgan fingerprint density at radius 2 is 1.00 bits per heavy atom. The molecule has 12 heavy (non-hydrogen) atoms. The monoisotopic (exact) mass is 308 g/mol. The zero-order valence-electron chi connectivity index (χ0n) is 5.44. The first-order chi connectivity index (χ1) is 4.37. The Bertz CT molecular complexity index is 136. The molecule has 0 bridgehead atoms. The van der Waals surface area contributed by atoms with Crippen LogP contribution in [-0.4, -0.2) is 33.8 Å². The molecule has 70 valence electrons. The fraction of sp³-hybridized carbons (Fsp3) is 0. The van der Waals surface area contributed by atoms with Gasteiger partial charge in [0.15, 0.2) is 0 Å². The summed E-state index contributed by atoms with van der Waals surface area (Å²) in [6, 6.07) is 0. The second-order valence-corrected chi connectivity index (χ2v) is 0.860. The van der Waals surface area contributed by atoms with Gasteiger partial charge >= 0.3 is 11.9 Å². The Labute approximate surface area is 99.5 Å². The van der Waals surface area contributed by atoms with Crippen molar-refractivity contribution in [1.29, 1.82) is 0 Å². The van der Waals surface area contributed by atoms with Crippen LogP contribution >= 0.6 is 0 Å². The van der Waals surface area contributed by atoms with Gasteiger partial charge in [-0.05, 0) is 6.16 Å². The van der Waals surface area contributed by atoms with Gasteiger partial charge in [-0.2, -0.15) is 0 Å². The van der Waals surface area contributed by atoms with Gasteiger partial charge < -0.3 is 30.7 Å². The summed E-state index contributed by atoms with van der Waals surface area (Å²) < 4.78 is 0. The number of aliphatic carboxylic acids is 2. The fourth-order valence-electron chi connectivity index (χ4n) is 0. The Morgan fingerprint density at radius 1 is 0.917 bits per heavy atom. The Hall–Kier alpha value is -0.453. The number of hydrogen-bond acceptors (Lipinski definition) is 5. The zero-order chi connectivity index (χ0) is 8.73. The van der Waals surface area contributed by atoms with E-state index < -0.39 is 18.1 Å². The minimum absolute atomic E-state index is 0. The molecular formula is C3H4CeO8-2. The quantitative estimate of drug-likeness (QED) is 0.428. The molecule has 0 fully saturated rings. The summed E-state index contributed by atoms with van der Waals surface area (Å²) in [7, 11) is 0. The van der Waals surface area contributed by atoms with E-state index in [2.05, 4.69) is 0 Å². The van der Waals surface area contributed by atoms with Crippen LogP contribution < -0.4 is 10.2 Å². The summed E-state index contributed by atoms with van der Waals surface area (Å²) >= 11 is 0. The summed E-state index contributed by atoms with van der Waals surface area (Å²) in [5.74, 6) is -3.65. The normalized spacial score (nSPS) is 5.67. The number of carbonyl (C=O) groups is 3. The number of carboxylic acid groups (broad SMARTS) is 4. The number of carbonyl (C=O) groups excluding carboxylic acids is 1. The van der Waals surface area contributed by atoms with Crippen LogP contribution in [-0.2, 0) is 9.59 Å². The smallest absolute Gasteiger partial charge is 0.414 e. The van der Waals surface area contributed by atoms with Gasteiger partial charge in [0, 0.05) is 41.7 Å². The standard InChI is InChI=1S/C2H2O4.CH2O3.Ce.H2O/c3-1(4)2(5)6;2-1(3)4;;/h(H,3,4)(H,5,6);(H2,2,3,4);;1H2/p-2. The Balaban J connectivity index is -0.0000000483. The van der Waals surface area contributed by atoms with Crippen molar-refractivity contribution in [3.63, 3.8) is 0 Å². The summed E-state index contributed by atoms with van der Waals surface area (Å²) in [5, 5.41) is 31.4. The van der Waals surface area contributed by atoms with E-state index in [1.807, 2.05) is 0 Å². The molecule has 0 radical (unpaired) electrons. The van der Waals surface area contributed by atoms with Crippen LogP contribution in [0, 0.1) is 41.7 Å². The summed E-state index contributed by atoms with van der Waals surface area (Å²) in [5.41, 5.74) is 0. The van der Waals surface area contributed by atoms with Crippen LogP contribution in [0.15, 0.2) is 0 Å². The zero-order valence-corrected chi connectivity index (χ0v) is 8.58. The molecule has 0 heterocycles. The molecule has 4 N–H and O–H groups in total. The molecule has 0 aromatic carbocycles. The van der Waals surface area contributed by atoms with Crippen molar-refractivity contribution in [2.24, 2.45) is 0 Å². The van der Waals surface area contributed by atoms with Crippen molar-refractivity contribution in [2.75, 3.05) is 0 Å². The fourth-order valence-corrected chi connectivity index (χ4v) is 0. The Kier molecular flexibility index (Phi) is 24.7. The van der Waals surface area contributed by atoms with Gasteiger partial charge in [0.2, 0.25) is 0 Å². The number of hydrogen-bond donors (Lipinski definition) is 2. The van der Waals surface area contributed by atoms with Gasteiger partial charge in [-0.3, -0.25) is 0 Å². The first-order valence-corrected chi connectivity index (χ1v) is 1.72. The molecule has 0 saturated heterocycles. The predicted molar refractivity (Wildman–Crippen MR) is 24.3 cm³/mol. The number of rotatable bonds is 0. The van der Waals surface area contributed by atoms with Crippen LogP contribution in [0.4, 0.5) is 4.79 Å². The van der Waals surface area contributed by atoms with E-state index in [0.29, 0.717) is 0 Å². The molecule has 0 atom stereocenters. The molecular weight excluding hydrogens is 304 g/mol. The van der Waals surface area contributed by atoms with Gasteiger partial charge in [-0.15, -0.1) is 0 Å². The minimum atomic E-state index is -2.33. The molecule has 0 aliphatic rings. The first-order valence-electron chi connectivity index (χ1n) is 1.72. The van der Waals surface area contributed by atoms with E-state index in [9.17, 15) is 0 Å². The molecule has 0 saturated carbocycles. The summed E-state index contributed by atoms with van der Waals surface area (Å²) in [6.45, 7) is 0. The van der Waals surface area contributed by atoms with Gasteiger partial charge in [-0.25, -0.2) is 9.59 Å². The molecule has 0 spiro atoms. The topological polar surface area (TPSA) is 169 Å². The van der Waals surface area contributed by atoms with Gasteiger partial charge in [0.1, 0.15) is 0 Å². The maximum absolute atomic E-state index is 9.10. The van der Waals surface area contributed by atoms with Crippen molar-refractivity contribution < 1.29 is 82.0 Å². The van der Waals surface area contributed by atoms with Crippen molar-refractivity contribution >= 4 is 18.1 Å². The molecule has 0 aromatic rings. The molecule has 0 aliphatic carbocycles. The van der Waals surface area contributed by atoms with Crippen LogP contribution in [0.3, 0.4) is 0 Å². The van der Waals surface area contributed by atoms with E-state index in [4.69, 9.17) is 34.8 Å².